The number of carbonyl (C=O) groups excluding carboxylic acids is 2. The van der Waals surface area contributed by atoms with Crippen LogP contribution in [0.15, 0.2) is 11.6 Å². The van der Waals surface area contributed by atoms with Gasteiger partial charge in [0, 0.05) is 5.57 Å². The van der Waals surface area contributed by atoms with Crippen LogP contribution in [0.25, 0.3) is 0 Å². The molecule has 0 amide bonds. The van der Waals surface area contributed by atoms with Gasteiger partial charge in [0.1, 0.15) is 12.7 Å². The van der Waals surface area contributed by atoms with E-state index in [0.717, 1.165) is 0 Å². The number of rotatable bonds is 7. The molecule has 20 heavy (non-hydrogen) atoms. The number of ether oxygens (including phenoxy) is 2. The minimum Gasteiger partial charge on any atom is -0.463 e. The largest absolute Gasteiger partial charge is 0.463 e. The molecule has 0 saturated carbocycles. The first-order valence-corrected chi connectivity index (χ1v) is 6.80. The predicted octanol–water partition coefficient (Wildman–Crippen LogP) is 2.23. The van der Waals surface area contributed by atoms with Crippen molar-refractivity contribution in [3.8, 4) is 0 Å². The van der Waals surface area contributed by atoms with Gasteiger partial charge >= 0.3 is 11.9 Å². The normalized spacial score (nSPS) is 13.8. The van der Waals surface area contributed by atoms with Crippen LogP contribution in [0, 0.1) is 5.41 Å². The molecule has 0 aliphatic heterocycles. The first-order valence-electron chi connectivity index (χ1n) is 6.80. The van der Waals surface area contributed by atoms with Crippen LogP contribution < -0.4 is 0 Å². The smallest absolute Gasteiger partial charge is 0.333 e. The van der Waals surface area contributed by atoms with Crippen molar-refractivity contribution in [1.29, 1.82) is 0 Å². The van der Waals surface area contributed by atoms with Crippen LogP contribution in [0.2, 0.25) is 0 Å². The zero-order valence-electron chi connectivity index (χ0n) is 13.1. The first-order chi connectivity index (χ1) is 9.19. The Labute approximate surface area is 121 Å². The van der Waals surface area contributed by atoms with E-state index in [0.29, 0.717) is 12.0 Å². The van der Waals surface area contributed by atoms with Crippen molar-refractivity contribution in [2.45, 2.75) is 53.6 Å². The molecule has 0 aromatic heterocycles. The Kier molecular flexibility index (Phi) is 8.15. The lowest BCUT2D eigenvalue weighted by molar-refractivity contribution is -0.154. The Morgan fingerprint density at radius 3 is 2.35 bits per heavy atom. The van der Waals surface area contributed by atoms with E-state index in [1.54, 1.807) is 19.9 Å². The lowest BCUT2D eigenvalue weighted by atomic mass is 9.88. The predicted molar refractivity (Wildman–Crippen MR) is 76.0 cm³/mol. The molecule has 0 aromatic rings. The lowest BCUT2D eigenvalue weighted by Gasteiger charge is -2.25. The van der Waals surface area contributed by atoms with Gasteiger partial charge in [0.15, 0.2) is 0 Å². The summed E-state index contributed by atoms with van der Waals surface area (Å²) in [5.74, 6) is -0.893. The minimum atomic E-state index is -0.524. The number of allylic oxidation sites excluding steroid dienone is 1. The monoisotopic (exact) mass is 286 g/mol. The maximum atomic E-state index is 11.8. The van der Waals surface area contributed by atoms with Gasteiger partial charge in [-0.3, -0.25) is 4.79 Å². The molecule has 5 heteroatoms. The second-order valence-corrected chi connectivity index (χ2v) is 5.91. The number of hydrogen-bond donors (Lipinski definition) is 1. The molecule has 1 N–H and O–H groups in total. The molecular formula is C15H26O5. The Hall–Kier alpha value is -1.36. The Morgan fingerprint density at radius 2 is 1.90 bits per heavy atom. The van der Waals surface area contributed by atoms with Crippen molar-refractivity contribution in [2.75, 3.05) is 13.2 Å². The van der Waals surface area contributed by atoms with Crippen molar-refractivity contribution in [2.24, 2.45) is 5.41 Å². The van der Waals surface area contributed by atoms with E-state index < -0.39 is 18.0 Å². The van der Waals surface area contributed by atoms with E-state index >= 15 is 0 Å². The molecule has 0 aromatic carbocycles. The molecule has 0 rings (SSSR count). The van der Waals surface area contributed by atoms with Crippen LogP contribution in [-0.4, -0.2) is 36.4 Å². The summed E-state index contributed by atoms with van der Waals surface area (Å²) in [7, 11) is 0. The highest BCUT2D eigenvalue weighted by atomic mass is 16.6. The molecule has 0 bridgehead atoms. The summed E-state index contributed by atoms with van der Waals surface area (Å²) in [6, 6.07) is 0. The molecular weight excluding hydrogens is 260 g/mol. The fourth-order valence-electron chi connectivity index (χ4n) is 1.60. The molecule has 1 unspecified atom stereocenters. The summed E-state index contributed by atoms with van der Waals surface area (Å²) in [4.78, 5) is 23.4. The number of hydrogen-bond acceptors (Lipinski definition) is 5. The molecule has 0 spiro atoms. The van der Waals surface area contributed by atoms with E-state index in [2.05, 4.69) is 0 Å². The summed E-state index contributed by atoms with van der Waals surface area (Å²) >= 11 is 0. The summed E-state index contributed by atoms with van der Waals surface area (Å²) in [6.07, 6.45) is 1.70. The fourth-order valence-corrected chi connectivity index (χ4v) is 1.60. The average molecular weight is 286 g/mol. The van der Waals surface area contributed by atoms with Crippen LogP contribution >= 0.6 is 0 Å². The van der Waals surface area contributed by atoms with Crippen LogP contribution in [-0.2, 0) is 19.1 Å². The number of aliphatic hydroxyl groups excluding tert-OH is 1. The van der Waals surface area contributed by atoms with Gasteiger partial charge in [-0.1, -0.05) is 26.8 Å². The van der Waals surface area contributed by atoms with Gasteiger partial charge in [-0.2, -0.15) is 0 Å². The van der Waals surface area contributed by atoms with Gasteiger partial charge in [-0.05, 0) is 25.7 Å². The summed E-state index contributed by atoms with van der Waals surface area (Å²) in [5, 5.41) is 8.62. The highest BCUT2D eigenvalue weighted by Gasteiger charge is 2.25. The maximum absolute atomic E-state index is 11.8. The summed E-state index contributed by atoms with van der Waals surface area (Å²) in [5.41, 5.74) is 0.430. The number of aliphatic hydroxyl groups is 1. The molecule has 0 heterocycles. The van der Waals surface area contributed by atoms with E-state index in [4.69, 9.17) is 14.6 Å². The summed E-state index contributed by atoms with van der Waals surface area (Å²) < 4.78 is 10.2. The third-order valence-corrected chi connectivity index (χ3v) is 2.62. The fraction of sp³-hybridized carbons (Fsp3) is 0.733. The maximum Gasteiger partial charge on any atom is 0.333 e. The Balaban J connectivity index is 4.65. The lowest BCUT2D eigenvalue weighted by Crippen LogP contribution is -2.28. The number of esters is 2. The molecule has 1 atom stereocenters. The van der Waals surface area contributed by atoms with Gasteiger partial charge in [-0.15, -0.1) is 0 Å². The summed E-state index contributed by atoms with van der Waals surface area (Å²) in [6.45, 7) is 9.20. The van der Waals surface area contributed by atoms with Crippen LogP contribution in [0.4, 0.5) is 0 Å². The molecule has 116 valence electrons. The van der Waals surface area contributed by atoms with Crippen LogP contribution in [0.5, 0.6) is 0 Å². The minimum absolute atomic E-state index is 0.00000425. The Bertz CT molecular complexity index is 352. The van der Waals surface area contributed by atoms with Crippen molar-refractivity contribution in [1.82, 2.24) is 0 Å². The van der Waals surface area contributed by atoms with Gasteiger partial charge in [0.25, 0.3) is 0 Å². The number of carbonyl (C=O) groups is 2. The topological polar surface area (TPSA) is 72.8 Å². The van der Waals surface area contributed by atoms with Gasteiger partial charge in [0.2, 0.25) is 0 Å². The Morgan fingerprint density at radius 1 is 1.30 bits per heavy atom. The zero-order valence-corrected chi connectivity index (χ0v) is 13.1. The van der Waals surface area contributed by atoms with Crippen LogP contribution in [0.3, 0.4) is 0 Å². The van der Waals surface area contributed by atoms with E-state index in [1.807, 2.05) is 20.8 Å². The highest BCUT2D eigenvalue weighted by molar-refractivity contribution is 5.88. The third-order valence-electron chi connectivity index (χ3n) is 2.62. The molecule has 0 aliphatic rings. The SMILES string of the molecule is CC=C(C)C(=O)OC(CC(=O)OCCO)CC(C)(C)C. The van der Waals surface area contributed by atoms with Crippen molar-refractivity contribution >= 4 is 11.9 Å². The van der Waals surface area contributed by atoms with E-state index in [9.17, 15) is 9.59 Å². The molecule has 0 radical (unpaired) electrons. The standard InChI is InChI=1S/C15H26O5/c1-6-11(2)14(18)20-12(10-15(3,4)5)9-13(17)19-8-7-16/h6,12,16H,7-10H2,1-5H3. The van der Waals surface area contributed by atoms with Crippen molar-refractivity contribution < 1.29 is 24.2 Å². The van der Waals surface area contributed by atoms with Crippen molar-refractivity contribution in [3.63, 3.8) is 0 Å². The van der Waals surface area contributed by atoms with Gasteiger partial charge in [0.05, 0.1) is 13.0 Å². The van der Waals surface area contributed by atoms with Gasteiger partial charge < -0.3 is 14.6 Å². The average Bonchev–Trinajstić information content (AvgIpc) is 2.32. The second-order valence-electron chi connectivity index (χ2n) is 5.91. The highest BCUT2D eigenvalue weighted by Crippen LogP contribution is 2.24. The van der Waals surface area contributed by atoms with E-state index in [-0.39, 0.29) is 25.0 Å². The zero-order chi connectivity index (χ0) is 15.8. The quantitative estimate of drug-likeness (QED) is 0.574. The van der Waals surface area contributed by atoms with Crippen molar-refractivity contribution in [3.05, 3.63) is 11.6 Å². The third kappa shape index (κ3) is 8.69. The first kappa shape index (κ1) is 18.6. The molecule has 5 nitrogen and oxygen atoms in total. The van der Waals surface area contributed by atoms with Crippen LogP contribution in [0.1, 0.15) is 47.5 Å². The molecule has 0 fully saturated rings. The second kappa shape index (κ2) is 8.74. The molecule has 0 saturated heterocycles. The molecule has 0 aliphatic carbocycles. The van der Waals surface area contributed by atoms with E-state index in [1.165, 1.54) is 0 Å². The van der Waals surface area contributed by atoms with Gasteiger partial charge in [-0.25, -0.2) is 4.79 Å².